The molecule has 0 aliphatic carbocycles. The predicted octanol–water partition coefficient (Wildman–Crippen LogP) is 19.0. The molecule has 0 saturated carbocycles. The van der Waals surface area contributed by atoms with Crippen molar-refractivity contribution in [2.75, 3.05) is 0 Å². The van der Waals surface area contributed by atoms with E-state index in [0.717, 1.165) is 51.4 Å². The molecule has 6 nitrogen and oxygen atoms in total. The van der Waals surface area contributed by atoms with Gasteiger partial charge in [-0.1, -0.05) is 233 Å². The van der Waals surface area contributed by atoms with Gasteiger partial charge in [-0.05, 0) is 75.0 Å². The second-order valence-electron chi connectivity index (χ2n) is 18.1. The lowest BCUT2D eigenvalue weighted by atomic mass is 10.0. The molecule has 0 spiro atoms. The molecule has 0 heterocycles. The maximum atomic E-state index is 13.3. The third-order valence-corrected chi connectivity index (χ3v) is 12.2. The van der Waals surface area contributed by atoms with Crippen LogP contribution < -0.4 is 0 Å². The lowest BCUT2D eigenvalue weighted by molar-refractivity contribution is 0.0615. The average molecular weight is 877 g/mol. The van der Waals surface area contributed by atoms with E-state index in [1.54, 1.807) is 0 Å². The molecule has 1 rings (SSSR count). The van der Waals surface area contributed by atoms with Crippen LogP contribution in [0.5, 0.6) is 0 Å². The third-order valence-electron chi connectivity index (χ3n) is 12.2. The highest BCUT2D eigenvalue weighted by Gasteiger charge is 2.22. The van der Waals surface area contributed by atoms with Crippen LogP contribution in [0.1, 0.15) is 302 Å². The van der Waals surface area contributed by atoms with Gasteiger partial charge in [0.25, 0.3) is 0 Å². The number of benzene rings is 1. The molecule has 0 radical (unpaired) electrons. The van der Waals surface area contributed by atoms with Crippen molar-refractivity contribution in [1.82, 2.24) is 0 Å². The molecule has 1 aromatic carbocycles. The molecule has 0 N–H and O–H groups in total. The van der Waals surface area contributed by atoms with Gasteiger partial charge in [-0.15, -0.1) is 0 Å². The van der Waals surface area contributed by atoms with Crippen LogP contribution in [0.3, 0.4) is 0 Å². The summed E-state index contributed by atoms with van der Waals surface area (Å²) in [5.74, 6) is -1.99. The molecule has 1 aromatic rings. The number of unbranched alkanes of at least 4 members (excludes halogenated alkanes) is 36. The van der Waals surface area contributed by atoms with Crippen molar-refractivity contribution in [1.29, 1.82) is 0 Å². The standard InChI is InChI=1S/C57H96O6/c1-4-7-10-13-16-19-22-25-28-31-34-37-40-43-48-61-55(58)52-46-47-53(56(59)62-49-44-41-38-35-32-29-26-23-20-17-14-11-8-5-2)54(51-52)57(60)63-50-45-42-39-36-33-30-27-24-21-18-15-12-9-6-3/h43-51H,4-42H2,1-3H3/b48-43+,49-44+,50-45+. The van der Waals surface area contributed by atoms with Gasteiger partial charge in [0.05, 0.1) is 35.5 Å². The molecule has 0 amide bonds. The molecule has 0 unspecified atom stereocenters. The van der Waals surface area contributed by atoms with E-state index in [0.29, 0.717) is 0 Å². The largest absolute Gasteiger partial charge is 0.431 e. The number of carbonyl (C=O) groups excluding carboxylic acids is 3. The molecular formula is C57H96O6. The first-order valence-corrected chi connectivity index (χ1v) is 26.8. The second-order valence-corrected chi connectivity index (χ2v) is 18.1. The summed E-state index contributed by atoms with van der Waals surface area (Å²) >= 11 is 0. The zero-order valence-corrected chi connectivity index (χ0v) is 41.2. The fourth-order valence-corrected chi connectivity index (χ4v) is 8.06. The zero-order valence-electron chi connectivity index (χ0n) is 41.2. The van der Waals surface area contributed by atoms with Crippen molar-refractivity contribution in [3.05, 3.63) is 71.9 Å². The fourth-order valence-electron chi connectivity index (χ4n) is 8.06. The SMILES string of the molecule is CCCCCCCCCCCCCC/C=C/OC(=O)c1ccc(C(=O)O/C=C/CCCCCCCCCCCCCC)c(C(=O)O/C=C/CCCCCCCCCCCCCC)c1. The van der Waals surface area contributed by atoms with E-state index in [1.807, 2.05) is 18.2 Å². The van der Waals surface area contributed by atoms with Crippen LogP contribution >= 0.6 is 0 Å². The van der Waals surface area contributed by atoms with Gasteiger partial charge in [0.2, 0.25) is 0 Å². The van der Waals surface area contributed by atoms with Crippen LogP contribution in [-0.4, -0.2) is 17.9 Å². The van der Waals surface area contributed by atoms with Crippen molar-refractivity contribution in [2.45, 2.75) is 271 Å². The van der Waals surface area contributed by atoms with E-state index in [2.05, 4.69) is 20.8 Å². The van der Waals surface area contributed by atoms with E-state index in [9.17, 15) is 14.4 Å². The molecule has 0 aliphatic heterocycles. The van der Waals surface area contributed by atoms with Crippen LogP contribution in [0.2, 0.25) is 0 Å². The summed E-state index contributed by atoms with van der Waals surface area (Å²) in [5, 5.41) is 0. The third kappa shape index (κ3) is 35.8. The molecule has 6 heteroatoms. The van der Waals surface area contributed by atoms with Crippen molar-refractivity contribution in [3.8, 4) is 0 Å². The Bertz CT molecular complexity index is 1310. The predicted molar refractivity (Wildman–Crippen MR) is 267 cm³/mol. The van der Waals surface area contributed by atoms with Gasteiger partial charge in [0.1, 0.15) is 0 Å². The number of allylic oxidation sites excluding steroid dienone is 3. The molecular weight excluding hydrogens is 781 g/mol. The Morgan fingerprint density at radius 2 is 0.587 bits per heavy atom. The Labute approximate surface area is 388 Å². The monoisotopic (exact) mass is 877 g/mol. The Hall–Kier alpha value is -3.15. The van der Waals surface area contributed by atoms with Gasteiger partial charge in [0, 0.05) is 0 Å². The minimum Gasteiger partial charge on any atom is -0.431 e. The number of carbonyl (C=O) groups is 3. The Kier molecular flexibility index (Phi) is 41.7. The summed E-state index contributed by atoms with van der Waals surface area (Å²) in [6.45, 7) is 6.79. The maximum absolute atomic E-state index is 13.3. The minimum atomic E-state index is -0.717. The van der Waals surface area contributed by atoms with Crippen molar-refractivity contribution in [2.24, 2.45) is 0 Å². The van der Waals surface area contributed by atoms with Gasteiger partial charge >= 0.3 is 17.9 Å². The van der Waals surface area contributed by atoms with Gasteiger partial charge in [-0.25, -0.2) is 14.4 Å². The summed E-state index contributed by atoms with van der Waals surface area (Å²) in [6.07, 6.45) is 58.8. The van der Waals surface area contributed by atoms with Gasteiger partial charge in [0.15, 0.2) is 0 Å². The maximum Gasteiger partial charge on any atom is 0.343 e. The molecule has 360 valence electrons. The number of hydrogen-bond donors (Lipinski definition) is 0. The fraction of sp³-hybridized carbons (Fsp3) is 0.737. The van der Waals surface area contributed by atoms with Crippen LogP contribution in [0.25, 0.3) is 0 Å². The van der Waals surface area contributed by atoms with Crippen molar-refractivity contribution < 1.29 is 28.6 Å². The van der Waals surface area contributed by atoms with E-state index >= 15 is 0 Å². The zero-order chi connectivity index (χ0) is 45.5. The van der Waals surface area contributed by atoms with Gasteiger partial charge in [-0.3, -0.25) is 0 Å². The molecule has 0 saturated heterocycles. The number of hydrogen-bond acceptors (Lipinski definition) is 6. The van der Waals surface area contributed by atoms with Gasteiger partial charge in [-0.2, -0.15) is 0 Å². The summed E-state index contributed by atoms with van der Waals surface area (Å²) in [6, 6.07) is 4.31. The first-order chi connectivity index (χ1) is 31.0. The minimum absolute atomic E-state index is 0.0284. The topological polar surface area (TPSA) is 78.9 Å². The molecule has 0 fully saturated rings. The number of ether oxygens (including phenoxy) is 3. The molecule has 0 atom stereocenters. The van der Waals surface area contributed by atoms with Gasteiger partial charge < -0.3 is 14.2 Å². The number of rotatable bonds is 45. The smallest absolute Gasteiger partial charge is 0.343 e. The molecule has 63 heavy (non-hydrogen) atoms. The van der Waals surface area contributed by atoms with Crippen LogP contribution in [0.15, 0.2) is 55.2 Å². The van der Waals surface area contributed by atoms with Crippen LogP contribution in [0, 0.1) is 0 Å². The summed E-state index contributed by atoms with van der Waals surface area (Å²) in [4.78, 5) is 39.5. The van der Waals surface area contributed by atoms with Crippen molar-refractivity contribution in [3.63, 3.8) is 0 Å². The van der Waals surface area contributed by atoms with Crippen LogP contribution in [0.4, 0.5) is 0 Å². The number of esters is 3. The first-order valence-electron chi connectivity index (χ1n) is 26.8. The van der Waals surface area contributed by atoms with Crippen LogP contribution in [-0.2, 0) is 14.2 Å². The highest BCUT2D eigenvalue weighted by Crippen LogP contribution is 2.19. The average Bonchev–Trinajstić information content (AvgIpc) is 3.29. The Morgan fingerprint density at radius 3 is 0.889 bits per heavy atom. The molecule has 0 aliphatic rings. The summed E-state index contributed by atoms with van der Waals surface area (Å²) in [7, 11) is 0. The second kappa shape index (κ2) is 45.4. The lowest BCUT2D eigenvalue weighted by Crippen LogP contribution is -2.13. The first kappa shape index (κ1) is 57.9. The lowest BCUT2D eigenvalue weighted by Gasteiger charge is -2.09. The summed E-state index contributed by atoms with van der Waals surface area (Å²) < 4.78 is 16.3. The molecule has 0 aromatic heterocycles. The van der Waals surface area contributed by atoms with E-state index in [1.165, 1.54) is 236 Å². The molecule has 0 bridgehead atoms. The Balaban J connectivity index is 2.57. The van der Waals surface area contributed by atoms with E-state index < -0.39 is 17.9 Å². The normalized spacial score (nSPS) is 11.7. The van der Waals surface area contributed by atoms with E-state index in [4.69, 9.17) is 14.2 Å². The highest BCUT2D eigenvalue weighted by atomic mass is 16.5. The van der Waals surface area contributed by atoms with E-state index in [-0.39, 0.29) is 16.7 Å². The Morgan fingerprint density at radius 1 is 0.333 bits per heavy atom. The highest BCUT2D eigenvalue weighted by molar-refractivity contribution is 6.05. The quantitative estimate of drug-likeness (QED) is 0.0281. The van der Waals surface area contributed by atoms with Crippen molar-refractivity contribution >= 4 is 17.9 Å². The summed E-state index contributed by atoms with van der Waals surface area (Å²) in [5.41, 5.74) is 0.180.